The van der Waals surface area contributed by atoms with E-state index in [1.807, 2.05) is 5.38 Å². The predicted molar refractivity (Wildman–Crippen MR) is 76.4 cm³/mol. The number of aromatic nitrogens is 1. The molecule has 96 valence electrons. The van der Waals surface area contributed by atoms with Crippen molar-refractivity contribution in [1.29, 1.82) is 0 Å². The van der Waals surface area contributed by atoms with Gasteiger partial charge in [0.2, 0.25) is 0 Å². The van der Waals surface area contributed by atoms with Gasteiger partial charge in [-0.05, 0) is 37.5 Å². The van der Waals surface area contributed by atoms with Gasteiger partial charge in [-0.15, -0.1) is 11.3 Å². The SMILES string of the molecule is Cc1cc(C)c(Cc2nc(CCO)cs2)c(C)c1. The van der Waals surface area contributed by atoms with Gasteiger partial charge in [-0.2, -0.15) is 0 Å². The molecule has 0 radical (unpaired) electrons. The van der Waals surface area contributed by atoms with Crippen molar-refractivity contribution in [2.45, 2.75) is 33.6 Å². The van der Waals surface area contributed by atoms with E-state index in [4.69, 9.17) is 5.11 Å². The van der Waals surface area contributed by atoms with Gasteiger partial charge < -0.3 is 5.11 Å². The third-order valence-electron chi connectivity index (χ3n) is 3.14. The molecular weight excluding hydrogens is 242 g/mol. The van der Waals surface area contributed by atoms with E-state index in [1.54, 1.807) is 11.3 Å². The summed E-state index contributed by atoms with van der Waals surface area (Å²) in [6.07, 6.45) is 1.55. The molecule has 0 fully saturated rings. The summed E-state index contributed by atoms with van der Waals surface area (Å²) >= 11 is 1.68. The molecule has 0 bridgehead atoms. The van der Waals surface area contributed by atoms with Crippen LogP contribution in [0, 0.1) is 20.8 Å². The lowest BCUT2D eigenvalue weighted by molar-refractivity contribution is 0.298. The number of aliphatic hydroxyl groups is 1. The van der Waals surface area contributed by atoms with Gasteiger partial charge in [0.05, 0.1) is 10.7 Å². The zero-order chi connectivity index (χ0) is 13.1. The summed E-state index contributed by atoms with van der Waals surface area (Å²) in [5.74, 6) is 0. The molecule has 2 aromatic rings. The minimum Gasteiger partial charge on any atom is -0.396 e. The molecule has 0 aliphatic carbocycles. The second kappa shape index (κ2) is 5.63. The van der Waals surface area contributed by atoms with Crippen LogP contribution in [0.25, 0.3) is 0 Å². The van der Waals surface area contributed by atoms with Crippen molar-refractivity contribution >= 4 is 11.3 Å². The van der Waals surface area contributed by atoms with Gasteiger partial charge in [0.25, 0.3) is 0 Å². The lowest BCUT2D eigenvalue weighted by Gasteiger charge is -2.09. The van der Waals surface area contributed by atoms with E-state index in [0.29, 0.717) is 6.42 Å². The Labute approximate surface area is 112 Å². The maximum Gasteiger partial charge on any atom is 0.0972 e. The van der Waals surface area contributed by atoms with Crippen molar-refractivity contribution < 1.29 is 5.11 Å². The average molecular weight is 261 g/mol. The molecule has 0 atom stereocenters. The molecule has 0 saturated carbocycles. The van der Waals surface area contributed by atoms with Crippen LogP contribution < -0.4 is 0 Å². The summed E-state index contributed by atoms with van der Waals surface area (Å²) in [5, 5.41) is 12.1. The van der Waals surface area contributed by atoms with E-state index in [0.717, 1.165) is 17.1 Å². The summed E-state index contributed by atoms with van der Waals surface area (Å²) < 4.78 is 0. The van der Waals surface area contributed by atoms with Crippen LogP contribution in [-0.4, -0.2) is 16.7 Å². The van der Waals surface area contributed by atoms with Crippen LogP contribution in [0.1, 0.15) is 33.0 Å². The molecule has 0 aliphatic rings. The largest absolute Gasteiger partial charge is 0.396 e. The Morgan fingerprint density at radius 3 is 2.44 bits per heavy atom. The van der Waals surface area contributed by atoms with Crippen molar-refractivity contribution in [3.63, 3.8) is 0 Å². The molecule has 1 heterocycles. The molecule has 1 aromatic heterocycles. The number of benzene rings is 1. The second-order valence-electron chi connectivity index (χ2n) is 4.76. The Bertz CT molecular complexity index is 522. The molecule has 0 spiro atoms. The fourth-order valence-electron chi connectivity index (χ4n) is 2.30. The van der Waals surface area contributed by atoms with E-state index >= 15 is 0 Å². The number of rotatable bonds is 4. The van der Waals surface area contributed by atoms with E-state index < -0.39 is 0 Å². The third-order valence-corrected chi connectivity index (χ3v) is 4.03. The highest BCUT2D eigenvalue weighted by molar-refractivity contribution is 7.09. The van der Waals surface area contributed by atoms with Crippen LogP contribution >= 0.6 is 11.3 Å². The molecule has 18 heavy (non-hydrogen) atoms. The number of nitrogens with zero attached hydrogens (tertiary/aromatic N) is 1. The highest BCUT2D eigenvalue weighted by Gasteiger charge is 2.08. The zero-order valence-electron chi connectivity index (χ0n) is 11.2. The maximum absolute atomic E-state index is 8.90. The van der Waals surface area contributed by atoms with Gasteiger partial charge in [0.15, 0.2) is 0 Å². The summed E-state index contributed by atoms with van der Waals surface area (Å²) in [4.78, 5) is 4.56. The summed E-state index contributed by atoms with van der Waals surface area (Å²) in [6.45, 7) is 6.63. The Morgan fingerprint density at radius 1 is 1.17 bits per heavy atom. The van der Waals surface area contributed by atoms with E-state index in [2.05, 4.69) is 37.9 Å². The van der Waals surface area contributed by atoms with Crippen LogP contribution in [0.3, 0.4) is 0 Å². The quantitative estimate of drug-likeness (QED) is 0.917. The van der Waals surface area contributed by atoms with Crippen LogP contribution in [-0.2, 0) is 12.8 Å². The lowest BCUT2D eigenvalue weighted by atomic mass is 9.98. The van der Waals surface area contributed by atoms with Crippen molar-refractivity contribution in [1.82, 2.24) is 4.98 Å². The fourth-order valence-corrected chi connectivity index (χ4v) is 3.14. The minimum atomic E-state index is 0.172. The molecule has 0 aliphatic heterocycles. The third kappa shape index (κ3) is 2.98. The topological polar surface area (TPSA) is 33.1 Å². The number of thiazole rings is 1. The monoisotopic (exact) mass is 261 g/mol. The van der Waals surface area contributed by atoms with Crippen LogP contribution in [0.4, 0.5) is 0 Å². The number of aryl methyl sites for hydroxylation is 3. The zero-order valence-corrected chi connectivity index (χ0v) is 12.0. The molecule has 0 saturated heterocycles. The van der Waals surface area contributed by atoms with Gasteiger partial charge >= 0.3 is 0 Å². The molecule has 0 unspecified atom stereocenters. The number of hydrogen-bond acceptors (Lipinski definition) is 3. The van der Waals surface area contributed by atoms with Gasteiger partial charge in [-0.3, -0.25) is 0 Å². The first-order valence-corrected chi connectivity index (χ1v) is 7.09. The standard InChI is InChI=1S/C15H19NOS/c1-10-6-11(2)14(12(3)7-10)8-15-16-13(4-5-17)9-18-15/h6-7,9,17H,4-5,8H2,1-3H3. The smallest absolute Gasteiger partial charge is 0.0972 e. The number of hydrogen-bond donors (Lipinski definition) is 1. The van der Waals surface area contributed by atoms with Crippen molar-refractivity contribution in [2.75, 3.05) is 6.61 Å². The second-order valence-corrected chi connectivity index (χ2v) is 5.70. The molecule has 1 aromatic carbocycles. The number of aliphatic hydroxyl groups excluding tert-OH is 1. The first-order valence-electron chi connectivity index (χ1n) is 6.21. The van der Waals surface area contributed by atoms with Crippen LogP contribution in [0.2, 0.25) is 0 Å². The normalized spacial score (nSPS) is 10.9. The van der Waals surface area contributed by atoms with E-state index in [1.165, 1.54) is 22.3 Å². The van der Waals surface area contributed by atoms with Crippen LogP contribution in [0.5, 0.6) is 0 Å². The Morgan fingerprint density at radius 2 is 1.83 bits per heavy atom. The fraction of sp³-hybridized carbons (Fsp3) is 0.400. The Balaban J connectivity index is 2.22. The average Bonchev–Trinajstić information content (AvgIpc) is 2.72. The van der Waals surface area contributed by atoms with Crippen molar-refractivity contribution in [3.05, 3.63) is 50.5 Å². The van der Waals surface area contributed by atoms with Crippen LogP contribution in [0.15, 0.2) is 17.5 Å². The van der Waals surface area contributed by atoms with Gasteiger partial charge in [0, 0.05) is 24.8 Å². The highest BCUT2D eigenvalue weighted by Crippen LogP contribution is 2.22. The van der Waals surface area contributed by atoms with Gasteiger partial charge in [0.1, 0.15) is 0 Å². The summed E-state index contributed by atoms with van der Waals surface area (Å²) in [7, 11) is 0. The Kier molecular flexibility index (Phi) is 4.15. The van der Waals surface area contributed by atoms with Gasteiger partial charge in [-0.25, -0.2) is 4.98 Å². The highest BCUT2D eigenvalue weighted by atomic mass is 32.1. The molecule has 1 N–H and O–H groups in total. The van der Waals surface area contributed by atoms with Gasteiger partial charge in [-0.1, -0.05) is 17.7 Å². The molecule has 3 heteroatoms. The van der Waals surface area contributed by atoms with E-state index in [-0.39, 0.29) is 6.61 Å². The molecular formula is C15H19NOS. The predicted octanol–water partition coefficient (Wildman–Crippen LogP) is 3.19. The lowest BCUT2D eigenvalue weighted by Crippen LogP contribution is -1.97. The first kappa shape index (κ1) is 13.2. The summed E-state index contributed by atoms with van der Waals surface area (Å²) in [6, 6.07) is 4.45. The summed E-state index contributed by atoms with van der Waals surface area (Å²) in [5.41, 5.74) is 6.37. The first-order chi connectivity index (χ1) is 8.60. The maximum atomic E-state index is 8.90. The van der Waals surface area contributed by atoms with Crippen molar-refractivity contribution in [3.8, 4) is 0 Å². The minimum absolute atomic E-state index is 0.172. The van der Waals surface area contributed by atoms with Crippen molar-refractivity contribution in [2.24, 2.45) is 0 Å². The van der Waals surface area contributed by atoms with E-state index in [9.17, 15) is 0 Å². The Hall–Kier alpha value is -1.19. The molecule has 0 amide bonds. The molecule has 2 rings (SSSR count). The molecule has 2 nitrogen and oxygen atoms in total.